The predicted octanol–water partition coefficient (Wildman–Crippen LogP) is 3.11. The van der Waals surface area contributed by atoms with Gasteiger partial charge >= 0.3 is 0 Å². The minimum Gasteiger partial charge on any atom is -0.495 e. The second-order valence-corrected chi connectivity index (χ2v) is 5.04. The Bertz CT molecular complexity index is 644. The van der Waals surface area contributed by atoms with E-state index in [-0.39, 0.29) is 18.7 Å². The van der Waals surface area contributed by atoms with Gasteiger partial charge in [0.1, 0.15) is 5.75 Å². The normalized spacial score (nSPS) is 10.9. The third-order valence-electron chi connectivity index (χ3n) is 3.36. The van der Waals surface area contributed by atoms with E-state index in [1.807, 2.05) is 0 Å². The van der Waals surface area contributed by atoms with Crippen molar-refractivity contribution < 1.29 is 18.7 Å². The van der Waals surface area contributed by atoms with Crippen LogP contribution in [0.1, 0.15) is 26.2 Å². The first-order valence-electron chi connectivity index (χ1n) is 7.50. The maximum atomic E-state index is 13.3. The number of anilines is 1. The van der Waals surface area contributed by atoms with Gasteiger partial charge in [0.2, 0.25) is 11.8 Å². The highest BCUT2D eigenvalue weighted by molar-refractivity contribution is 6.04. The van der Waals surface area contributed by atoms with E-state index < -0.39 is 17.6 Å². The summed E-state index contributed by atoms with van der Waals surface area (Å²) in [5.41, 5.74) is 0.561. The van der Waals surface area contributed by atoms with Crippen LogP contribution < -0.4 is 10.1 Å². The average Bonchev–Trinajstić information content (AvgIpc) is 2.59. The van der Waals surface area contributed by atoms with Crippen LogP contribution in [0.2, 0.25) is 0 Å². The first kappa shape index (κ1) is 19.3. The van der Waals surface area contributed by atoms with E-state index >= 15 is 0 Å². The van der Waals surface area contributed by atoms with Crippen LogP contribution in [-0.4, -0.2) is 36.7 Å². The molecular formula is C17H22FN3O3. The van der Waals surface area contributed by atoms with Crippen LogP contribution in [0.25, 0.3) is 0 Å². The van der Waals surface area contributed by atoms with E-state index in [0.29, 0.717) is 17.9 Å². The molecular weight excluding hydrogens is 313 g/mol. The molecule has 7 heteroatoms. The van der Waals surface area contributed by atoms with Gasteiger partial charge in [-0.3, -0.25) is 19.9 Å². The van der Waals surface area contributed by atoms with Crippen molar-refractivity contribution in [1.82, 2.24) is 4.90 Å². The lowest BCUT2D eigenvalue weighted by molar-refractivity contribution is -0.126. The molecule has 2 N–H and O–H groups in total. The smallest absolute Gasteiger partial charge is 0.227 e. The number of carbonyl (C=O) groups is 2. The first-order chi connectivity index (χ1) is 11.4. The Hall–Kier alpha value is -2.70. The van der Waals surface area contributed by atoms with Crippen LogP contribution in [0.5, 0.6) is 5.75 Å². The summed E-state index contributed by atoms with van der Waals surface area (Å²) in [5, 5.41) is 10.2. The second-order valence-electron chi connectivity index (χ2n) is 5.04. The van der Waals surface area contributed by atoms with Crippen molar-refractivity contribution in [2.45, 2.75) is 26.2 Å². The van der Waals surface area contributed by atoms with E-state index in [9.17, 15) is 14.0 Å². The molecule has 0 saturated heterocycles. The van der Waals surface area contributed by atoms with Crippen molar-refractivity contribution in [1.29, 1.82) is 5.41 Å². The van der Waals surface area contributed by atoms with Crippen LogP contribution in [0.3, 0.4) is 0 Å². The van der Waals surface area contributed by atoms with Crippen LogP contribution in [0.4, 0.5) is 10.1 Å². The number of methoxy groups -OCH3 is 1. The molecule has 0 saturated carbocycles. The zero-order chi connectivity index (χ0) is 18.1. The molecule has 0 fully saturated rings. The number of hydrogen-bond acceptors (Lipinski definition) is 4. The summed E-state index contributed by atoms with van der Waals surface area (Å²) in [6.45, 7) is 1.45. The van der Waals surface area contributed by atoms with Crippen LogP contribution in [0, 0.1) is 5.41 Å². The van der Waals surface area contributed by atoms with Gasteiger partial charge in [0.15, 0.2) is 11.7 Å². The Balaban J connectivity index is 2.45. The van der Waals surface area contributed by atoms with Crippen molar-refractivity contribution in [3.63, 3.8) is 0 Å². The number of para-hydroxylation sites is 2. The molecule has 1 aromatic rings. The van der Waals surface area contributed by atoms with Gasteiger partial charge in [0.05, 0.1) is 12.8 Å². The molecule has 1 rings (SSSR count). The average molecular weight is 335 g/mol. The van der Waals surface area contributed by atoms with E-state index in [4.69, 9.17) is 10.1 Å². The van der Waals surface area contributed by atoms with Crippen LogP contribution >= 0.6 is 0 Å². The lowest BCUT2D eigenvalue weighted by Crippen LogP contribution is -2.32. The fraction of sp³-hybridized carbons (Fsp3) is 0.353. The lowest BCUT2D eigenvalue weighted by atomic mass is 10.2. The van der Waals surface area contributed by atoms with Gasteiger partial charge in [0, 0.05) is 19.9 Å². The van der Waals surface area contributed by atoms with Gasteiger partial charge in [-0.05, 0) is 31.6 Å². The predicted molar refractivity (Wildman–Crippen MR) is 90.8 cm³/mol. The Labute approximate surface area is 140 Å². The third kappa shape index (κ3) is 5.49. The molecule has 130 valence electrons. The van der Waals surface area contributed by atoms with Gasteiger partial charge < -0.3 is 10.1 Å². The number of likely N-dealkylation sites (N-methyl/N-ethyl adjacent to an activating group) is 1. The molecule has 2 amide bonds. The van der Waals surface area contributed by atoms with Gasteiger partial charge in [-0.2, -0.15) is 0 Å². The summed E-state index contributed by atoms with van der Waals surface area (Å²) in [6, 6.07) is 7.02. The Morgan fingerprint density at radius 1 is 1.33 bits per heavy atom. The summed E-state index contributed by atoms with van der Waals surface area (Å²) in [4.78, 5) is 24.7. The van der Waals surface area contributed by atoms with Gasteiger partial charge in [-0.15, -0.1) is 0 Å². The number of hydrogen-bond donors (Lipinski definition) is 2. The highest BCUT2D eigenvalue weighted by atomic mass is 19.1. The number of halogens is 1. The Morgan fingerprint density at radius 3 is 2.62 bits per heavy atom. The van der Waals surface area contributed by atoms with Gasteiger partial charge in [-0.1, -0.05) is 12.1 Å². The minimum absolute atomic E-state index is 0.0508. The number of benzene rings is 1. The SMILES string of the molecule is CC=C(F)C(=N)N(C)C(=O)CCCC(=O)Nc1ccccc1OC. The zero-order valence-electron chi connectivity index (χ0n) is 14.1. The molecule has 0 aromatic heterocycles. The molecule has 0 heterocycles. The minimum atomic E-state index is -0.764. The lowest BCUT2D eigenvalue weighted by Gasteiger charge is -2.16. The molecule has 0 radical (unpaired) electrons. The molecule has 0 aliphatic heterocycles. The maximum absolute atomic E-state index is 13.3. The first-order valence-corrected chi connectivity index (χ1v) is 7.50. The molecule has 0 spiro atoms. The summed E-state index contributed by atoms with van der Waals surface area (Å²) >= 11 is 0. The van der Waals surface area contributed by atoms with Crippen molar-refractivity contribution in [2.75, 3.05) is 19.5 Å². The van der Waals surface area contributed by atoms with E-state index in [2.05, 4.69) is 5.32 Å². The fourth-order valence-corrected chi connectivity index (χ4v) is 1.95. The standard InChI is InChI=1S/C17H22FN3O3/c1-4-12(18)17(19)21(2)16(23)11-7-10-15(22)20-13-8-5-6-9-14(13)24-3/h4-6,8-9,19H,7,10-11H2,1-3H3,(H,20,22). The van der Waals surface area contributed by atoms with Crippen LogP contribution in [0.15, 0.2) is 36.2 Å². The summed E-state index contributed by atoms with van der Waals surface area (Å²) in [7, 11) is 2.85. The molecule has 0 unspecified atom stereocenters. The summed E-state index contributed by atoms with van der Waals surface area (Å²) in [5.74, 6) is -1.36. The highest BCUT2D eigenvalue weighted by Gasteiger charge is 2.17. The van der Waals surface area contributed by atoms with E-state index in [1.54, 1.807) is 24.3 Å². The van der Waals surface area contributed by atoms with Crippen molar-refractivity contribution in [3.05, 3.63) is 36.2 Å². The zero-order valence-corrected chi connectivity index (χ0v) is 14.1. The molecule has 0 bridgehead atoms. The quantitative estimate of drug-likeness (QED) is 0.593. The molecule has 6 nitrogen and oxygen atoms in total. The number of allylic oxidation sites excluding steroid dienone is 1. The summed E-state index contributed by atoms with van der Waals surface area (Å²) < 4.78 is 18.4. The second kappa shape index (κ2) is 9.44. The summed E-state index contributed by atoms with van der Waals surface area (Å²) in [6.07, 6.45) is 1.61. The number of carbonyl (C=O) groups excluding carboxylic acids is 2. The Kier molecular flexibility index (Phi) is 7.61. The highest BCUT2D eigenvalue weighted by Crippen LogP contribution is 2.23. The van der Waals surface area contributed by atoms with Crippen molar-refractivity contribution >= 4 is 23.3 Å². The maximum Gasteiger partial charge on any atom is 0.227 e. The van der Waals surface area contributed by atoms with E-state index in [1.165, 1.54) is 21.1 Å². The number of nitrogens with zero attached hydrogens (tertiary/aromatic N) is 1. The number of rotatable bonds is 7. The monoisotopic (exact) mass is 335 g/mol. The van der Waals surface area contributed by atoms with Gasteiger partial charge in [-0.25, -0.2) is 4.39 Å². The number of amidine groups is 1. The van der Waals surface area contributed by atoms with Gasteiger partial charge in [0.25, 0.3) is 0 Å². The topological polar surface area (TPSA) is 82.5 Å². The van der Waals surface area contributed by atoms with Crippen LogP contribution in [-0.2, 0) is 9.59 Å². The molecule has 0 aliphatic rings. The number of nitrogens with one attached hydrogen (secondary N) is 2. The van der Waals surface area contributed by atoms with Crippen molar-refractivity contribution in [3.8, 4) is 5.75 Å². The molecule has 24 heavy (non-hydrogen) atoms. The molecule has 0 atom stereocenters. The fourth-order valence-electron chi connectivity index (χ4n) is 1.95. The third-order valence-corrected chi connectivity index (χ3v) is 3.36. The Morgan fingerprint density at radius 2 is 2.00 bits per heavy atom. The molecule has 1 aromatic carbocycles. The van der Waals surface area contributed by atoms with Crippen molar-refractivity contribution in [2.24, 2.45) is 0 Å². The largest absolute Gasteiger partial charge is 0.495 e. The number of ether oxygens (including phenoxy) is 1. The van der Waals surface area contributed by atoms with E-state index in [0.717, 1.165) is 11.0 Å². The number of amides is 2. The molecule has 0 aliphatic carbocycles.